The molecule has 0 aliphatic carbocycles. The van der Waals surface area contributed by atoms with E-state index in [4.69, 9.17) is 9.47 Å². The summed E-state index contributed by atoms with van der Waals surface area (Å²) in [6, 6.07) is 17.2. The zero-order valence-electron chi connectivity index (χ0n) is 20.5. The van der Waals surface area contributed by atoms with Gasteiger partial charge in [-0.1, -0.05) is 24.3 Å². The smallest absolute Gasteiger partial charge is 0.150 e. The molecule has 3 aromatic rings. The third-order valence-corrected chi connectivity index (χ3v) is 6.56. The fourth-order valence-corrected chi connectivity index (χ4v) is 5.30. The van der Waals surface area contributed by atoms with E-state index >= 15 is 0 Å². The number of ether oxygens (including phenoxy) is 2. The molecule has 170 valence electrons. The lowest BCUT2D eigenvalue weighted by Gasteiger charge is -2.37. The van der Waals surface area contributed by atoms with E-state index in [-0.39, 0.29) is 11.6 Å². The third-order valence-electron chi connectivity index (χ3n) is 6.56. The summed E-state index contributed by atoms with van der Waals surface area (Å²) in [5, 5.41) is 3.71. The van der Waals surface area contributed by atoms with Gasteiger partial charge in [-0.2, -0.15) is 0 Å². The Labute approximate surface area is 196 Å². The van der Waals surface area contributed by atoms with Crippen molar-refractivity contribution >= 4 is 16.9 Å². The van der Waals surface area contributed by atoms with Gasteiger partial charge in [-0.05, 0) is 80.3 Å². The molecule has 1 atom stereocenters. The highest BCUT2D eigenvalue weighted by molar-refractivity contribution is 5.91. The second kappa shape index (κ2) is 7.58. The second-order valence-corrected chi connectivity index (χ2v) is 9.95. The standard InChI is InChI=1S/C29H32N2O2/c1-17-13-19(15-20(14-17)31(5)6)28-27-21(26-23(32-7)9-8-10-24(26)33-28)11-12-22-25(27)18(2)16-29(3,4)30-22/h8-16,28,30H,1-7H3. The molecular weight excluding hydrogens is 408 g/mol. The van der Waals surface area contributed by atoms with Crippen LogP contribution in [0, 0.1) is 6.92 Å². The monoisotopic (exact) mass is 440 g/mol. The first kappa shape index (κ1) is 21.4. The van der Waals surface area contributed by atoms with Crippen LogP contribution in [0.1, 0.15) is 49.1 Å². The lowest BCUT2D eigenvalue weighted by Crippen LogP contribution is -2.32. The quantitative estimate of drug-likeness (QED) is 0.484. The van der Waals surface area contributed by atoms with Gasteiger partial charge in [0.2, 0.25) is 0 Å². The van der Waals surface area contributed by atoms with Crippen molar-refractivity contribution in [3.8, 4) is 22.6 Å². The maximum Gasteiger partial charge on any atom is 0.150 e. The zero-order valence-corrected chi connectivity index (χ0v) is 20.5. The molecule has 4 nitrogen and oxygen atoms in total. The topological polar surface area (TPSA) is 33.7 Å². The Hall–Kier alpha value is -3.40. The lowest BCUT2D eigenvalue weighted by atomic mass is 9.80. The maximum atomic E-state index is 6.79. The van der Waals surface area contributed by atoms with Crippen LogP contribution in [0.25, 0.3) is 16.7 Å². The largest absolute Gasteiger partial charge is 0.496 e. The Balaban J connectivity index is 1.82. The summed E-state index contributed by atoms with van der Waals surface area (Å²) < 4.78 is 12.6. The minimum absolute atomic E-state index is 0.104. The van der Waals surface area contributed by atoms with Crippen LogP contribution >= 0.6 is 0 Å². The van der Waals surface area contributed by atoms with E-state index in [0.29, 0.717) is 0 Å². The summed E-state index contributed by atoms with van der Waals surface area (Å²) in [4.78, 5) is 2.15. The van der Waals surface area contributed by atoms with Crippen LogP contribution in [0.2, 0.25) is 0 Å². The molecule has 33 heavy (non-hydrogen) atoms. The van der Waals surface area contributed by atoms with Crippen molar-refractivity contribution in [2.45, 2.75) is 39.3 Å². The Morgan fingerprint density at radius 2 is 1.79 bits per heavy atom. The molecule has 2 aliphatic heterocycles. The number of allylic oxidation sites excluding steroid dienone is 1. The van der Waals surface area contributed by atoms with Gasteiger partial charge in [-0.3, -0.25) is 0 Å². The highest BCUT2D eigenvalue weighted by Crippen LogP contribution is 2.53. The number of nitrogens with one attached hydrogen (secondary N) is 1. The molecule has 0 amide bonds. The van der Waals surface area contributed by atoms with Crippen LogP contribution in [-0.4, -0.2) is 26.7 Å². The van der Waals surface area contributed by atoms with E-state index in [1.807, 2.05) is 18.2 Å². The molecule has 0 saturated carbocycles. The molecule has 1 N–H and O–H groups in total. The molecule has 0 fully saturated rings. The first-order valence-corrected chi connectivity index (χ1v) is 11.5. The van der Waals surface area contributed by atoms with E-state index < -0.39 is 0 Å². The predicted molar refractivity (Wildman–Crippen MR) is 138 cm³/mol. The molecule has 2 aliphatic rings. The number of methoxy groups -OCH3 is 1. The molecule has 1 unspecified atom stereocenters. The van der Waals surface area contributed by atoms with Crippen LogP contribution in [0.15, 0.2) is 54.6 Å². The zero-order chi connectivity index (χ0) is 23.5. The number of nitrogens with zero attached hydrogens (tertiary/aromatic N) is 1. The molecule has 4 heteroatoms. The van der Waals surface area contributed by atoms with Crippen molar-refractivity contribution in [1.82, 2.24) is 0 Å². The molecule has 0 spiro atoms. The normalized spacial score (nSPS) is 17.5. The fraction of sp³-hybridized carbons (Fsp3) is 0.310. The number of benzene rings is 3. The summed E-state index contributed by atoms with van der Waals surface area (Å²) in [5.41, 5.74) is 10.4. The Bertz CT molecular complexity index is 1290. The summed E-state index contributed by atoms with van der Waals surface area (Å²) in [7, 11) is 5.88. The van der Waals surface area contributed by atoms with Crippen LogP contribution in [0.5, 0.6) is 11.5 Å². The Morgan fingerprint density at radius 1 is 1.00 bits per heavy atom. The number of fused-ring (bicyclic) bond motifs is 5. The van der Waals surface area contributed by atoms with Crippen LogP contribution in [0.4, 0.5) is 11.4 Å². The number of anilines is 2. The first-order valence-electron chi connectivity index (χ1n) is 11.5. The average molecular weight is 441 g/mol. The molecule has 0 aromatic heterocycles. The molecule has 0 saturated heterocycles. The van der Waals surface area contributed by atoms with Crippen molar-refractivity contribution in [1.29, 1.82) is 0 Å². The number of aryl methyl sites for hydroxylation is 1. The lowest BCUT2D eigenvalue weighted by molar-refractivity contribution is 0.241. The van der Waals surface area contributed by atoms with Gasteiger partial charge in [0.1, 0.15) is 11.5 Å². The van der Waals surface area contributed by atoms with E-state index in [2.05, 4.69) is 88.4 Å². The van der Waals surface area contributed by atoms with Crippen molar-refractivity contribution < 1.29 is 9.47 Å². The maximum absolute atomic E-state index is 6.79. The molecule has 3 aromatic carbocycles. The van der Waals surface area contributed by atoms with Crippen molar-refractivity contribution in [2.75, 3.05) is 31.4 Å². The summed E-state index contributed by atoms with van der Waals surface area (Å²) in [6.07, 6.45) is 2.09. The second-order valence-electron chi connectivity index (χ2n) is 9.95. The summed E-state index contributed by atoms with van der Waals surface area (Å²) in [6.45, 7) is 8.76. The van der Waals surface area contributed by atoms with Crippen molar-refractivity contribution in [3.63, 3.8) is 0 Å². The minimum atomic E-state index is -0.223. The number of hydrogen-bond donors (Lipinski definition) is 1. The number of rotatable bonds is 3. The predicted octanol–water partition coefficient (Wildman–Crippen LogP) is 6.83. The molecule has 0 bridgehead atoms. The van der Waals surface area contributed by atoms with Gasteiger partial charge < -0.3 is 19.7 Å². The number of hydrogen-bond acceptors (Lipinski definition) is 4. The van der Waals surface area contributed by atoms with Crippen molar-refractivity contribution in [3.05, 3.63) is 76.9 Å². The van der Waals surface area contributed by atoms with Crippen LogP contribution in [0.3, 0.4) is 0 Å². The van der Waals surface area contributed by atoms with Gasteiger partial charge in [0.15, 0.2) is 6.10 Å². The van der Waals surface area contributed by atoms with Gasteiger partial charge in [-0.25, -0.2) is 0 Å². The molecule has 5 rings (SSSR count). The third kappa shape index (κ3) is 3.54. The summed E-state index contributed by atoms with van der Waals surface area (Å²) >= 11 is 0. The van der Waals surface area contributed by atoms with Gasteiger partial charge >= 0.3 is 0 Å². The highest BCUT2D eigenvalue weighted by Gasteiger charge is 2.35. The molecule has 2 heterocycles. The Morgan fingerprint density at radius 3 is 2.52 bits per heavy atom. The first-order chi connectivity index (χ1) is 15.7. The van der Waals surface area contributed by atoms with Crippen LogP contribution in [-0.2, 0) is 0 Å². The summed E-state index contributed by atoms with van der Waals surface area (Å²) in [5.74, 6) is 1.68. The van der Waals surface area contributed by atoms with Gasteiger partial charge in [0.05, 0.1) is 18.2 Å². The van der Waals surface area contributed by atoms with Crippen molar-refractivity contribution in [2.24, 2.45) is 0 Å². The molecule has 0 radical (unpaired) electrons. The van der Waals surface area contributed by atoms with Gasteiger partial charge in [0, 0.05) is 36.6 Å². The fourth-order valence-electron chi connectivity index (χ4n) is 5.30. The Kier molecular flexibility index (Phi) is 4.93. The van der Waals surface area contributed by atoms with Gasteiger partial charge in [-0.15, -0.1) is 0 Å². The highest BCUT2D eigenvalue weighted by atomic mass is 16.5. The van der Waals surface area contributed by atoms with Gasteiger partial charge in [0.25, 0.3) is 0 Å². The molecular formula is C29H32N2O2. The van der Waals surface area contributed by atoms with E-state index in [1.54, 1.807) is 7.11 Å². The minimum Gasteiger partial charge on any atom is -0.496 e. The van der Waals surface area contributed by atoms with Crippen LogP contribution < -0.4 is 19.7 Å². The van der Waals surface area contributed by atoms with E-state index in [9.17, 15) is 0 Å². The van der Waals surface area contributed by atoms with E-state index in [1.165, 1.54) is 33.5 Å². The van der Waals surface area contributed by atoms with E-state index in [0.717, 1.165) is 28.3 Å². The average Bonchev–Trinajstić information content (AvgIpc) is 2.76. The SMILES string of the molecule is COc1cccc2c1-c1ccc3c(c1C(c1cc(C)cc(N(C)C)c1)O2)C(C)=CC(C)(C)N3.